The average molecular weight is 463 g/mol. The largest absolute Gasteiger partial charge is 0.405 e. The lowest BCUT2D eigenvalue weighted by atomic mass is 10.0. The summed E-state index contributed by atoms with van der Waals surface area (Å²) in [5.74, 6) is -0.811. The Kier molecular flexibility index (Phi) is 10.7. The third-order valence-electron chi connectivity index (χ3n) is 6.85. The third kappa shape index (κ3) is 7.04. The molecule has 1 fully saturated rings. The van der Waals surface area contributed by atoms with E-state index in [0.717, 1.165) is 48.8 Å². The molecule has 0 N–H and O–H groups in total. The highest BCUT2D eigenvalue weighted by Gasteiger charge is 2.46. The molecule has 2 atom stereocenters. The molecule has 2 unspecified atom stereocenters. The van der Waals surface area contributed by atoms with Crippen molar-refractivity contribution in [2.45, 2.75) is 117 Å². The highest BCUT2D eigenvalue weighted by atomic mass is 31.2. The number of hydrogen-bond donors (Lipinski definition) is 0. The van der Waals surface area contributed by atoms with Crippen LogP contribution in [0.4, 0.5) is 0 Å². The zero-order chi connectivity index (χ0) is 23.7. The van der Waals surface area contributed by atoms with Crippen molar-refractivity contribution < 1.29 is 18.7 Å². The quantitative estimate of drug-likeness (QED) is 0.231. The maximum atomic E-state index is 14.2. The molecule has 1 aliphatic carbocycles. The molecule has 1 aromatic carbocycles. The van der Waals surface area contributed by atoms with Crippen LogP contribution in [0.5, 0.6) is 0 Å². The Morgan fingerprint density at radius 3 is 2.12 bits per heavy atom. The molecule has 1 aliphatic rings. The molecule has 180 valence electrons. The summed E-state index contributed by atoms with van der Waals surface area (Å²) >= 11 is 0. The highest BCUT2D eigenvalue weighted by Crippen LogP contribution is 2.59. The summed E-state index contributed by atoms with van der Waals surface area (Å²) in [6.45, 7) is 9.78. The summed E-state index contributed by atoms with van der Waals surface area (Å²) in [7, 11) is -3.83. The van der Waals surface area contributed by atoms with E-state index in [9.17, 15) is 14.2 Å². The van der Waals surface area contributed by atoms with Gasteiger partial charge in [0.25, 0.3) is 5.52 Å². The molecule has 1 aromatic rings. The van der Waals surface area contributed by atoms with Crippen molar-refractivity contribution in [2.24, 2.45) is 5.92 Å². The molecule has 0 saturated heterocycles. The van der Waals surface area contributed by atoms with Gasteiger partial charge in [-0.1, -0.05) is 89.3 Å². The standard InChI is InChI=1S/C27H43O4P/c1-6-7-8-9-10-12-15-21(3)26(28)31-32(30,24-16-13-11-14-17-24)27(29)25-22(4)18-20(2)19-23(25)5/h18-19,21,24H,6-17H2,1-5H3. The second-order valence-electron chi connectivity index (χ2n) is 9.84. The number of carbonyl (C=O) groups excluding carboxylic acids is 2. The minimum Gasteiger partial charge on any atom is -0.405 e. The van der Waals surface area contributed by atoms with E-state index in [-0.39, 0.29) is 11.6 Å². The van der Waals surface area contributed by atoms with Gasteiger partial charge < -0.3 is 4.52 Å². The fraction of sp³-hybridized carbons (Fsp3) is 0.704. The molecule has 5 heteroatoms. The van der Waals surface area contributed by atoms with Crippen LogP contribution in [0.2, 0.25) is 0 Å². The zero-order valence-electron chi connectivity index (χ0n) is 20.9. The van der Waals surface area contributed by atoms with Gasteiger partial charge in [0.2, 0.25) is 0 Å². The molecule has 0 heterocycles. The van der Waals surface area contributed by atoms with Crippen LogP contribution in [0.15, 0.2) is 12.1 Å². The number of unbranched alkanes of at least 4 members (excludes halogenated alkanes) is 5. The second-order valence-corrected chi connectivity index (χ2v) is 12.3. The Hall–Kier alpha value is -1.41. The molecule has 0 aromatic heterocycles. The predicted octanol–water partition coefficient (Wildman–Crippen LogP) is 8.29. The van der Waals surface area contributed by atoms with Gasteiger partial charge in [-0.05, 0) is 51.2 Å². The smallest absolute Gasteiger partial charge is 0.321 e. The van der Waals surface area contributed by atoms with Crippen LogP contribution in [-0.2, 0) is 13.9 Å². The van der Waals surface area contributed by atoms with Gasteiger partial charge in [-0.2, -0.15) is 0 Å². The summed E-state index contributed by atoms with van der Waals surface area (Å²) in [6.07, 6.45) is 12.0. The first kappa shape index (κ1) is 26.8. The predicted molar refractivity (Wildman–Crippen MR) is 133 cm³/mol. The van der Waals surface area contributed by atoms with E-state index in [1.54, 1.807) is 0 Å². The first-order valence-corrected chi connectivity index (χ1v) is 14.4. The Bertz CT molecular complexity index is 800. The van der Waals surface area contributed by atoms with E-state index in [0.29, 0.717) is 24.8 Å². The summed E-state index contributed by atoms with van der Waals surface area (Å²) in [5.41, 5.74) is 2.34. The van der Waals surface area contributed by atoms with E-state index < -0.39 is 18.9 Å². The van der Waals surface area contributed by atoms with Gasteiger partial charge in [-0.3, -0.25) is 14.2 Å². The Morgan fingerprint density at radius 2 is 1.53 bits per heavy atom. The van der Waals surface area contributed by atoms with Gasteiger partial charge in [0.15, 0.2) is 0 Å². The number of rotatable bonds is 12. The average Bonchev–Trinajstić information content (AvgIpc) is 2.75. The zero-order valence-corrected chi connectivity index (χ0v) is 21.8. The van der Waals surface area contributed by atoms with E-state index >= 15 is 0 Å². The van der Waals surface area contributed by atoms with Crippen molar-refractivity contribution in [2.75, 3.05) is 0 Å². The van der Waals surface area contributed by atoms with Gasteiger partial charge in [0, 0.05) is 5.56 Å². The van der Waals surface area contributed by atoms with Gasteiger partial charge in [-0.15, -0.1) is 0 Å². The lowest BCUT2D eigenvalue weighted by Gasteiger charge is -2.30. The van der Waals surface area contributed by atoms with Crippen LogP contribution < -0.4 is 0 Å². The molecule has 0 radical (unpaired) electrons. The van der Waals surface area contributed by atoms with Crippen LogP contribution in [-0.4, -0.2) is 17.2 Å². The van der Waals surface area contributed by atoms with E-state index in [4.69, 9.17) is 4.52 Å². The monoisotopic (exact) mass is 462 g/mol. The molecule has 1 saturated carbocycles. The van der Waals surface area contributed by atoms with Gasteiger partial charge >= 0.3 is 13.3 Å². The third-order valence-corrected chi connectivity index (χ3v) is 9.57. The topological polar surface area (TPSA) is 60.4 Å². The summed E-state index contributed by atoms with van der Waals surface area (Å²) < 4.78 is 20.0. The van der Waals surface area contributed by atoms with Crippen LogP contribution in [0.3, 0.4) is 0 Å². The van der Waals surface area contributed by atoms with Crippen molar-refractivity contribution in [3.63, 3.8) is 0 Å². The van der Waals surface area contributed by atoms with Crippen molar-refractivity contribution >= 4 is 18.9 Å². The maximum Gasteiger partial charge on any atom is 0.321 e. The molecule has 4 nitrogen and oxygen atoms in total. The fourth-order valence-electron chi connectivity index (χ4n) is 4.95. The molecular formula is C27H43O4P. The minimum atomic E-state index is -3.83. The molecule has 0 amide bonds. The van der Waals surface area contributed by atoms with Crippen molar-refractivity contribution in [1.82, 2.24) is 0 Å². The van der Waals surface area contributed by atoms with Crippen LogP contribution in [0, 0.1) is 26.7 Å². The first-order valence-electron chi connectivity index (χ1n) is 12.7. The Labute approximate surface area is 195 Å². The Morgan fingerprint density at radius 1 is 0.969 bits per heavy atom. The summed E-state index contributed by atoms with van der Waals surface area (Å²) in [4.78, 5) is 26.7. The molecule has 0 spiro atoms. The van der Waals surface area contributed by atoms with Crippen molar-refractivity contribution in [3.8, 4) is 0 Å². The maximum absolute atomic E-state index is 14.2. The van der Waals surface area contributed by atoms with Gasteiger partial charge in [0.1, 0.15) is 0 Å². The summed E-state index contributed by atoms with van der Waals surface area (Å²) in [5, 5.41) is 0. The number of aryl methyl sites for hydroxylation is 3. The van der Waals surface area contributed by atoms with Crippen LogP contribution in [0.25, 0.3) is 0 Å². The second kappa shape index (κ2) is 12.7. The number of hydrogen-bond acceptors (Lipinski definition) is 4. The van der Waals surface area contributed by atoms with E-state index in [1.165, 1.54) is 25.7 Å². The minimum absolute atomic E-state index is 0.342. The van der Waals surface area contributed by atoms with Crippen molar-refractivity contribution in [1.29, 1.82) is 0 Å². The molecule has 32 heavy (non-hydrogen) atoms. The van der Waals surface area contributed by atoms with Gasteiger partial charge in [-0.25, -0.2) is 0 Å². The molecule has 0 bridgehead atoms. The number of carbonyl (C=O) groups is 2. The molecular weight excluding hydrogens is 419 g/mol. The van der Waals surface area contributed by atoms with Gasteiger partial charge in [0.05, 0.1) is 11.6 Å². The first-order chi connectivity index (χ1) is 15.2. The lowest BCUT2D eigenvalue weighted by Crippen LogP contribution is -2.25. The Balaban J connectivity index is 2.17. The van der Waals surface area contributed by atoms with E-state index in [1.807, 2.05) is 39.8 Å². The lowest BCUT2D eigenvalue weighted by molar-refractivity contribution is -0.138. The molecule has 0 aliphatic heterocycles. The fourth-order valence-corrected chi connectivity index (χ4v) is 7.67. The highest BCUT2D eigenvalue weighted by molar-refractivity contribution is 7.78. The number of benzene rings is 1. The summed E-state index contributed by atoms with van der Waals surface area (Å²) in [6, 6.07) is 3.88. The van der Waals surface area contributed by atoms with Crippen LogP contribution in [0.1, 0.15) is 118 Å². The van der Waals surface area contributed by atoms with Crippen LogP contribution >= 0.6 is 7.37 Å². The van der Waals surface area contributed by atoms with Crippen molar-refractivity contribution in [3.05, 3.63) is 34.4 Å². The SMILES string of the molecule is CCCCCCCCC(C)C(=O)OP(=O)(C(=O)c1c(C)cc(C)cc1C)C1CCCCC1. The normalized spacial score (nSPS) is 17.5. The van der Waals surface area contributed by atoms with E-state index in [2.05, 4.69) is 6.92 Å². The molecule has 2 rings (SSSR count).